The molecule has 0 radical (unpaired) electrons. The maximum absolute atomic E-state index is 12.2. The molecule has 0 saturated carbocycles. The number of carboxylic acid groups (broad SMARTS) is 1. The van der Waals surface area contributed by atoms with E-state index in [0.717, 1.165) is 17.0 Å². The Morgan fingerprint density at radius 2 is 1.95 bits per heavy atom. The number of hydrogen-bond donors (Lipinski definition) is 1. The summed E-state index contributed by atoms with van der Waals surface area (Å²) in [5.74, 6) is 0.424. The number of hydrogen-bond acceptors (Lipinski definition) is 5. The normalized spacial score (nSPS) is 11.5. The fourth-order valence-corrected chi connectivity index (χ4v) is 2.91. The van der Waals surface area contributed by atoms with Crippen LogP contribution in [0.1, 0.15) is 37.8 Å². The molecule has 21 heavy (non-hydrogen) atoms. The molecule has 1 rings (SSSR count). The fourth-order valence-electron chi connectivity index (χ4n) is 1.86. The zero-order chi connectivity index (χ0) is 16.2. The van der Waals surface area contributed by atoms with Gasteiger partial charge in [0.1, 0.15) is 12.3 Å². The van der Waals surface area contributed by atoms with E-state index in [1.165, 1.54) is 16.7 Å². The first-order valence-electron chi connectivity index (χ1n) is 6.64. The van der Waals surface area contributed by atoms with E-state index in [1.807, 2.05) is 34.6 Å². The maximum atomic E-state index is 12.2. The quantitative estimate of drug-likeness (QED) is 0.867. The second-order valence-electron chi connectivity index (χ2n) is 5.84. The minimum absolute atomic E-state index is 0.179. The van der Waals surface area contributed by atoms with Gasteiger partial charge in [-0.25, -0.2) is 0 Å². The Morgan fingerprint density at radius 1 is 1.33 bits per heavy atom. The molecule has 118 valence electrons. The molecule has 1 aromatic rings. The maximum Gasteiger partial charge on any atom is 0.323 e. The standard InChI is InChI=1S/C14H22N2O4S/c1-9-11(10(2)20-15-9)7-21-8-12(17)16(6-13(18)19)14(3,4)5/h6-8H2,1-5H3,(H,18,19). The van der Waals surface area contributed by atoms with Gasteiger partial charge in [-0.15, -0.1) is 11.8 Å². The number of thioether (sulfide) groups is 1. The van der Waals surface area contributed by atoms with E-state index in [-0.39, 0.29) is 18.2 Å². The molecule has 0 spiro atoms. The molecular weight excluding hydrogens is 292 g/mol. The zero-order valence-corrected chi connectivity index (χ0v) is 13.9. The van der Waals surface area contributed by atoms with Crippen molar-refractivity contribution < 1.29 is 19.2 Å². The van der Waals surface area contributed by atoms with Crippen molar-refractivity contribution in [1.29, 1.82) is 0 Å². The number of amides is 1. The van der Waals surface area contributed by atoms with E-state index in [9.17, 15) is 9.59 Å². The van der Waals surface area contributed by atoms with Crippen LogP contribution in [0.15, 0.2) is 4.52 Å². The van der Waals surface area contributed by atoms with Crippen molar-refractivity contribution in [3.63, 3.8) is 0 Å². The van der Waals surface area contributed by atoms with Gasteiger partial charge in [-0.3, -0.25) is 9.59 Å². The van der Waals surface area contributed by atoms with Crippen LogP contribution in [0.25, 0.3) is 0 Å². The average molecular weight is 314 g/mol. The Morgan fingerprint density at radius 3 is 2.38 bits per heavy atom. The molecule has 1 aromatic heterocycles. The number of aliphatic carboxylic acids is 1. The van der Waals surface area contributed by atoms with Gasteiger partial charge in [0.05, 0.1) is 11.4 Å². The summed E-state index contributed by atoms with van der Waals surface area (Å²) in [7, 11) is 0. The summed E-state index contributed by atoms with van der Waals surface area (Å²) < 4.78 is 5.07. The summed E-state index contributed by atoms with van der Waals surface area (Å²) in [6.45, 7) is 8.89. The average Bonchev–Trinajstić information content (AvgIpc) is 2.65. The second kappa shape index (κ2) is 6.98. The highest BCUT2D eigenvalue weighted by Gasteiger charge is 2.28. The van der Waals surface area contributed by atoms with E-state index in [1.54, 1.807) is 0 Å². The molecule has 0 aliphatic carbocycles. The van der Waals surface area contributed by atoms with Crippen LogP contribution in [0.4, 0.5) is 0 Å². The highest BCUT2D eigenvalue weighted by Crippen LogP contribution is 2.21. The number of carbonyl (C=O) groups is 2. The molecule has 0 aromatic carbocycles. The first kappa shape index (κ1) is 17.6. The molecule has 0 aliphatic rings. The Hall–Kier alpha value is -1.50. The van der Waals surface area contributed by atoms with Crippen LogP contribution in [-0.4, -0.2) is 44.9 Å². The summed E-state index contributed by atoms with van der Waals surface area (Å²) in [5.41, 5.74) is 1.30. The molecule has 0 unspecified atom stereocenters. The second-order valence-corrected chi connectivity index (χ2v) is 6.83. The minimum atomic E-state index is -1.01. The van der Waals surface area contributed by atoms with Gasteiger partial charge in [-0.2, -0.15) is 0 Å². The number of rotatable bonds is 6. The Bertz CT molecular complexity index is 500. The van der Waals surface area contributed by atoms with Gasteiger partial charge in [0.15, 0.2) is 0 Å². The van der Waals surface area contributed by atoms with Gasteiger partial charge in [0.25, 0.3) is 0 Å². The number of carboxylic acids is 1. The molecule has 6 nitrogen and oxygen atoms in total. The lowest BCUT2D eigenvalue weighted by atomic mass is 10.1. The number of aromatic nitrogens is 1. The lowest BCUT2D eigenvalue weighted by Gasteiger charge is -2.34. The van der Waals surface area contributed by atoms with Gasteiger partial charge < -0.3 is 14.5 Å². The first-order chi connectivity index (χ1) is 9.62. The van der Waals surface area contributed by atoms with Crippen molar-refractivity contribution in [2.75, 3.05) is 12.3 Å². The SMILES string of the molecule is Cc1noc(C)c1CSCC(=O)N(CC(=O)O)C(C)(C)C. The minimum Gasteiger partial charge on any atom is -0.480 e. The largest absolute Gasteiger partial charge is 0.480 e. The third kappa shape index (κ3) is 5.08. The van der Waals surface area contributed by atoms with E-state index in [4.69, 9.17) is 9.63 Å². The van der Waals surface area contributed by atoms with Gasteiger partial charge in [-0.05, 0) is 34.6 Å². The van der Waals surface area contributed by atoms with Gasteiger partial charge >= 0.3 is 5.97 Å². The van der Waals surface area contributed by atoms with Crippen LogP contribution in [0.2, 0.25) is 0 Å². The zero-order valence-electron chi connectivity index (χ0n) is 13.1. The van der Waals surface area contributed by atoms with Crippen molar-refractivity contribution >= 4 is 23.6 Å². The van der Waals surface area contributed by atoms with Crippen molar-refractivity contribution in [2.45, 2.75) is 45.9 Å². The number of nitrogens with zero attached hydrogens (tertiary/aromatic N) is 2. The number of carbonyl (C=O) groups excluding carboxylic acids is 1. The predicted molar refractivity (Wildman–Crippen MR) is 81.2 cm³/mol. The molecule has 0 atom stereocenters. The summed E-state index contributed by atoms with van der Waals surface area (Å²) in [6, 6.07) is 0. The van der Waals surface area contributed by atoms with E-state index < -0.39 is 11.5 Å². The van der Waals surface area contributed by atoms with Gasteiger partial charge in [0, 0.05) is 16.9 Å². The lowest BCUT2D eigenvalue weighted by Crippen LogP contribution is -2.49. The number of aryl methyl sites for hydroxylation is 2. The van der Waals surface area contributed by atoms with E-state index in [2.05, 4.69) is 5.16 Å². The molecule has 0 bridgehead atoms. The highest BCUT2D eigenvalue weighted by molar-refractivity contribution is 7.99. The Kier molecular flexibility index (Phi) is 5.83. The Labute approximate surface area is 128 Å². The predicted octanol–water partition coefficient (Wildman–Crippen LogP) is 2.24. The molecule has 0 fully saturated rings. The molecule has 7 heteroatoms. The molecule has 0 saturated heterocycles. The summed E-state index contributed by atoms with van der Waals surface area (Å²) in [6.07, 6.45) is 0. The molecular formula is C14H22N2O4S. The third-order valence-electron chi connectivity index (χ3n) is 3.06. The fraction of sp³-hybridized carbons (Fsp3) is 0.643. The monoisotopic (exact) mass is 314 g/mol. The molecule has 1 heterocycles. The molecule has 1 amide bonds. The van der Waals surface area contributed by atoms with Crippen molar-refractivity contribution in [2.24, 2.45) is 0 Å². The van der Waals surface area contributed by atoms with E-state index in [0.29, 0.717) is 5.75 Å². The van der Waals surface area contributed by atoms with Gasteiger partial charge in [-0.1, -0.05) is 5.16 Å². The first-order valence-corrected chi connectivity index (χ1v) is 7.80. The molecule has 1 N–H and O–H groups in total. The van der Waals surface area contributed by atoms with Crippen molar-refractivity contribution in [1.82, 2.24) is 10.1 Å². The summed E-state index contributed by atoms with van der Waals surface area (Å²) >= 11 is 1.43. The van der Waals surface area contributed by atoms with Crippen molar-refractivity contribution in [3.05, 3.63) is 17.0 Å². The molecule has 0 aliphatic heterocycles. The van der Waals surface area contributed by atoms with Crippen LogP contribution in [-0.2, 0) is 15.3 Å². The smallest absolute Gasteiger partial charge is 0.323 e. The van der Waals surface area contributed by atoms with Crippen LogP contribution in [0.3, 0.4) is 0 Å². The van der Waals surface area contributed by atoms with Crippen molar-refractivity contribution in [3.8, 4) is 0 Å². The van der Waals surface area contributed by atoms with Crippen LogP contribution >= 0.6 is 11.8 Å². The third-order valence-corrected chi connectivity index (χ3v) is 4.00. The topological polar surface area (TPSA) is 83.6 Å². The van der Waals surface area contributed by atoms with Crippen LogP contribution in [0, 0.1) is 13.8 Å². The van der Waals surface area contributed by atoms with E-state index >= 15 is 0 Å². The highest BCUT2D eigenvalue weighted by atomic mass is 32.2. The Balaban J connectivity index is 2.60. The van der Waals surface area contributed by atoms with Gasteiger partial charge in [0.2, 0.25) is 5.91 Å². The summed E-state index contributed by atoms with van der Waals surface area (Å²) in [4.78, 5) is 24.5. The van der Waals surface area contributed by atoms with Crippen LogP contribution < -0.4 is 0 Å². The summed E-state index contributed by atoms with van der Waals surface area (Å²) in [5, 5.41) is 12.8. The van der Waals surface area contributed by atoms with Crippen LogP contribution in [0.5, 0.6) is 0 Å². The lowest BCUT2D eigenvalue weighted by molar-refractivity contribution is -0.146.